The molecule has 0 bridgehead atoms. The summed E-state index contributed by atoms with van der Waals surface area (Å²) in [6.45, 7) is 3.33. The van der Waals surface area contributed by atoms with Crippen molar-refractivity contribution in [2.75, 3.05) is 13.2 Å². The van der Waals surface area contributed by atoms with Gasteiger partial charge in [-0.1, -0.05) is 35.9 Å². The van der Waals surface area contributed by atoms with E-state index in [1.807, 2.05) is 49.4 Å². The van der Waals surface area contributed by atoms with Crippen LogP contribution in [0.1, 0.15) is 11.1 Å². The van der Waals surface area contributed by atoms with E-state index in [1.54, 1.807) is 0 Å². The zero-order valence-corrected chi connectivity index (χ0v) is 12.2. The number of aryl methyl sites for hydroxylation is 1. The zero-order valence-electron chi connectivity index (χ0n) is 11.4. The third-order valence-corrected chi connectivity index (χ3v) is 3.17. The summed E-state index contributed by atoms with van der Waals surface area (Å²) in [7, 11) is 0. The first kappa shape index (κ1) is 14.7. The van der Waals surface area contributed by atoms with Crippen molar-refractivity contribution in [3.05, 3.63) is 58.6 Å². The summed E-state index contributed by atoms with van der Waals surface area (Å²) in [6.07, 6.45) is 0. The van der Waals surface area contributed by atoms with Crippen LogP contribution < -0.4 is 15.2 Å². The lowest BCUT2D eigenvalue weighted by Crippen LogP contribution is -2.11. The van der Waals surface area contributed by atoms with Gasteiger partial charge in [-0.3, -0.25) is 0 Å². The van der Waals surface area contributed by atoms with Gasteiger partial charge in [-0.15, -0.1) is 0 Å². The Morgan fingerprint density at radius 3 is 2.40 bits per heavy atom. The lowest BCUT2D eigenvalue weighted by Gasteiger charge is -2.12. The Hall–Kier alpha value is -1.71. The van der Waals surface area contributed by atoms with Crippen LogP contribution in [0.15, 0.2) is 42.5 Å². The minimum Gasteiger partial charge on any atom is -0.490 e. The van der Waals surface area contributed by atoms with Crippen molar-refractivity contribution in [1.82, 2.24) is 0 Å². The number of rotatable bonds is 6. The summed E-state index contributed by atoms with van der Waals surface area (Å²) in [5.41, 5.74) is 7.75. The van der Waals surface area contributed by atoms with Crippen LogP contribution in [-0.2, 0) is 6.54 Å². The zero-order chi connectivity index (χ0) is 14.4. The molecule has 4 heteroatoms. The van der Waals surface area contributed by atoms with Gasteiger partial charge in [0.05, 0.1) is 5.02 Å². The smallest absolute Gasteiger partial charge is 0.138 e. The number of hydrogen-bond acceptors (Lipinski definition) is 3. The van der Waals surface area contributed by atoms with Gasteiger partial charge in [0.1, 0.15) is 24.7 Å². The van der Waals surface area contributed by atoms with Gasteiger partial charge in [0, 0.05) is 12.1 Å². The van der Waals surface area contributed by atoms with Gasteiger partial charge in [0.25, 0.3) is 0 Å². The molecule has 0 unspecified atom stereocenters. The van der Waals surface area contributed by atoms with E-state index in [0.29, 0.717) is 30.5 Å². The van der Waals surface area contributed by atoms with E-state index >= 15 is 0 Å². The Morgan fingerprint density at radius 1 is 1.00 bits per heavy atom. The van der Waals surface area contributed by atoms with Crippen molar-refractivity contribution in [2.24, 2.45) is 5.73 Å². The maximum Gasteiger partial charge on any atom is 0.138 e. The van der Waals surface area contributed by atoms with Crippen molar-refractivity contribution < 1.29 is 9.47 Å². The molecular formula is C16H18ClNO2. The highest BCUT2D eigenvalue weighted by Gasteiger charge is 2.03. The van der Waals surface area contributed by atoms with Crippen molar-refractivity contribution >= 4 is 11.6 Å². The average Bonchev–Trinajstić information content (AvgIpc) is 2.46. The van der Waals surface area contributed by atoms with Gasteiger partial charge in [0.15, 0.2) is 0 Å². The van der Waals surface area contributed by atoms with Crippen LogP contribution in [0.4, 0.5) is 0 Å². The number of halogens is 1. The van der Waals surface area contributed by atoms with Crippen LogP contribution in [0.3, 0.4) is 0 Å². The van der Waals surface area contributed by atoms with Crippen LogP contribution in [0.5, 0.6) is 11.5 Å². The topological polar surface area (TPSA) is 44.5 Å². The van der Waals surface area contributed by atoms with E-state index in [-0.39, 0.29) is 0 Å². The molecule has 0 aliphatic carbocycles. The molecule has 0 radical (unpaired) electrons. The van der Waals surface area contributed by atoms with Crippen molar-refractivity contribution in [3.63, 3.8) is 0 Å². The minimum atomic E-state index is 0.432. The fourth-order valence-electron chi connectivity index (χ4n) is 1.84. The molecule has 0 aliphatic heterocycles. The molecule has 0 spiro atoms. The highest BCUT2D eigenvalue weighted by Crippen LogP contribution is 2.25. The lowest BCUT2D eigenvalue weighted by atomic mass is 10.2. The summed E-state index contributed by atoms with van der Waals surface area (Å²) >= 11 is 6.09. The van der Waals surface area contributed by atoms with E-state index in [2.05, 4.69) is 0 Å². The molecule has 0 atom stereocenters. The van der Waals surface area contributed by atoms with Gasteiger partial charge >= 0.3 is 0 Å². The highest BCUT2D eigenvalue weighted by atomic mass is 35.5. The number of ether oxygens (including phenoxy) is 2. The van der Waals surface area contributed by atoms with E-state index in [4.69, 9.17) is 26.8 Å². The molecule has 0 aliphatic rings. The van der Waals surface area contributed by atoms with Crippen molar-refractivity contribution in [1.29, 1.82) is 0 Å². The second-order valence-corrected chi connectivity index (χ2v) is 4.85. The molecule has 106 valence electrons. The van der Waals surface area contributed by atoms with E-state index in [9.17, 15) is 0 Å². The lowest BCUT2D eigenvalue weighted by molar-refractivity contribution is 0.216. The molecule has 0 saturated carbocycles. The Morgan fingerprint density at radius 2 is 1.70 bits per heavy atom. The van der Waals surface area contributed by atoms with Crippen LogP contribution in [0.25, 0.3) is 0 Å². The first-order valence-corrected chi connectivity index (χ1v) is 6.88. The first-order chi connectivity index (χ1) is 9.70. The third-order valence-electron chi connectivity index (χ3n) is 2.88. The summed E-state index contributed by atoms with van der Waals surface area (Å²) < 4.78 is 11.3. The molecule has 3 nitrogen and oxygen atoms in total. The van der Waals surface area contributed by atoms with Gasteiger partial charge in [-0.2, -0.15) is 0 Å². The average molecular weight is 292 g/mol. The minimum absolute atomic E-state index is 0.432. The van der Waals surface area contributed by atoms with Crippen LogP contribution in [0.2, 0.25) is 5.02 Å². The summed E-state index contributed by atoms with van der Waals surface area (Å²) in [6, 6.07) is 13.4. The van der Waals surface area contributed by atoms with Gasteiger partial charge in [0.2, 0.25) is 0 Å². The molecule has 0 aromatic heterocycles. The molecular weight excluding hydrogens is 274 g/mol. The summed E-state index contributed by atoms with van der Waals surface area (Å²) in [5, 5.41) is 0.618. The Bertz CT molecular complexity index is 572. The normalized spacial score (nSPS) is 10.3. The maximum absolute atomic E-state index is 6.09. The van der Waals surface area contributed by atoms with E-state index < -0.39 is 0 Å². The molecule has 0 saturated heterocycles. The molecule has 2 rings (SSSR count). The van der Waals surface area contributed by atoms with Crippen LogP contribution >= 0.6 is 11.6 Å². The summed E-state index contributed by atoms with van der Waals surface area (Å²) in [4.78, 5) is 0. The van der Waals surface area contributed by atoms with E-state index in [0.717, 1.165) is 16.9 Å². The molecule has 0 fully saturated rings. The molecule has 2 aromatic carbocycles. The Kier molecular flexibility index (Phi) is 5.27. The first-order valence-electron chi connectivity index (χ1n) is 6.50. The molecule has 20 heavy (non-hydrogen) atoms. The highest BCUT2D eigenvalue weighted by molar-refractivity contribution is 6.32. The predicted molar refractivity (Wildman–Crippen MR) is 81.5 cm³/mol. The number of para-hydroxylation sites is 1. The molecule has 2 N–H and O–H groups in total. The largest absolute Gasteiger partial charge is 0.490 e. The fraction of sp³-hybridized carbons (Fsp3) is 0.250. The number of hydrogen-bond donors (Lipinski definition) is 1. The van der Waals surface area contributed by atoms with E-state index in [1.165, 1.54) is 0 Å². The molecule has 0 heterocycles. The number of benzene rings is 2. The predicted octanol–water partition coefficient (Wildman–Crippen LogP) is 3.56. The fourth-order valence-corrected chi connectivity index (χ4v) is 2.13. The van der Waals surface area contributed by atoms with Crippen LogP contribution in [0, 0.1) is 6.92 Å². The van der Waals surface area contributed by atoms with Gasteiger partial charge in [-0.25, -0.2) is 0 Å². The number of nitrogens with two attached hydrogens (primary N) is 1. The molecule has 0 amide bonds. The van der Waals surface area contributed by atoms with Crippen molar-refractivity contribution in [2.45, 2.75) is 13.5 Å². The molecule has 2 aromatic rings. The quantitative estimate of drug-likeness (QED) is 0.828. The second kappa shape index (κ2) is 7.17. The monoisotopic (exact) mass is 291 g/mol. The van der Waals surface area contributed by atoms with Gasteiger partial charge < -0.3 is 15.2 Å². The standard InChI is InChI=1S/C16H18ClNO2/c1-12-6-7-16(14(17)10-12)20-9-8-19-15-5-3-2-4-13(15)11-18/h2-7,10H,8-9,11,18H2,1H3. The Labute approximate surface area is 124 Å². The van der Waals surface area contributed by atoms with Crippen molar-refractivity contribution in [3.8, 4) is 11.5 Å². The maximum atomic E-state index is 6.09. The second-order valence-electron chi connectivity index (χ2n) is 4.44. The van der Waals surface area contributed by atoms with Crippen LogP contribution in [-0.4, -0.2) is 13.2 Å². The van der Waals surface area contributed by atoms with Gasteiger partial charge in [-0.05, 0) is 30.7 Å². The third kappa shape index (κ3) is 3.89. The Balaban J connectivity index is 1.84. The SMILES string of the molecule is Cc1ccc(OCCOc2ccccc2CN)c(Cl)c1. The summed E-state index contributed by atoms with van der Waals surface area (Å²) in [5.74, 6) is 1.47.